The Morgan fingerprint density at radius 1 is 1.35 bits per heavy atom. The van der Waals surface area contributed by atoms with E-state index in [1.807, 2.05) is 23.5 Å². The van der Waals surface area contributed by atoms with E-state index in [9.17, 15) is 10.2 Å². The van der Waals surface area contributed by atoms with E-state index >= 15 is 0 Å². The summed E-state index contributed by atoms with van der Waals surface area (Å²) < 4.78 is 0. The maximum absolute atomic E-state index is 10.0. The lowest BCUT2D eigenvalue weighted by Gasteiger charge is -2.35. The Kier molecular flexibility index (Phi) is 3.44. The average Bonchev–Trinajstić information content (AvgIpc) is 2.87. The number of phenolic OH excluding ortho intramolecular Hbond substituents is 1. The molecule has 0 radical (unpaired) electrons. The van der Waals surface area contributed by atoms with Crippen molar-refractivity contribution in [3.05, 3.63) is 45.6 Å². The number of nitrogens with zero attached hydrogens (tertiary/aromatic N) is 1. The third-order valence-corrected chi connectivity index (χ3v) is 5.07. The van der Waals surface area contributed by atoms with Crippen LogP contribution in [0.5, 0.6) is 5.75 Å². The van der Waals surface area contributed by atoms with Gasteiger partial charge in [-0.15, -0.1) is 11.3 Å². The Hall–Kier alpha value is -1.52. The molecule has 2 unspecified atom stereocenters. The van der Waals surface area contributed by atoms with E-state index in [2.05, 4.69) is 23.3 Å². The molecule has 1 aromatic carbocycles. The first-order chi connectivity index (χ1) is 9.58. The molecule has 0 fully saturated rings. The Labute approximate surface area is 123 Å². The smallest absolute Gasteiger partial charge is 0.123 e. The molecule has 3 rings (SSSR count). The first-order valence-electron chi connectivity index (χ1n) is 6.92. The lowest BCUT2D eigenvalue weighted by atomic mass is 10.00. The highest BCUT2D eigenvalue weighted by atomic mass is 32.1. The van der Waals surface area contributed by atoms with E-state index in [1.165, 1.54) is 10.4 Å². The molecule has 1 aliphatic rings. The maximum Gasteiger partial charge on any atom is 0.123 e. The van der Waals surface area contributed by atoms with Crippen molar-refractivity contribution in [1.29, 1.82) is 0 Å². The molecule has 4 heteroatoms. The van der Waals surface area contributed by atoms with E-state index in [0.29, 0.717) is 11.6 Å². The number of phenols is 1. The summed E-state index contributed by atoms with van der Waals surface area (Å²) in [5.74, 6) is 0.167. The zero-order chi connectivity index (χ0) is 14.3. The van der Waals surface area contributed by atoms with Crippen molar-refractivity contribution in [3.63, 3.8) is 0 Å². The topological polar surface area (TPSA) is 43.7 Å². The lowest BCUT2D eigenvalue weighted by molar-refractivity contribution is 0.195. The van der Waals surface area contributed by atoms with Gasteiger partial charge in [0, 0.05) is 28.7 Å². The summed E-state index contributed by atoms with van der Waals surface area (Å²) in [6, 6.07) is 8.07. The van der Waals surface area contributed by atoms with Crippen LogP contribution in [-0.2, 0) is 6.42 Å². The monoisotopic (exact) mass is 289 g/mol. The minimum atomic E-state index is -0.647. The predicted octanol–water partition coefficient (Wildman–Crippen LogP) is 3.63. The highest BCUT2D eigenvalue weighted by Crippen LogP contribution is 2.38. The molecule has 20 heavy (non-hydrogen) atoms. The SMILES string of the molecule is CC(O)c1ccc(N2CCc3sccc3C2C)cc1O. The van der Waals surface area contributed by atoms with Crippen molar-refractivity contribution < 1.29 is 10.2 Å². The van der Waals surface area contributed by atoms with Gasteiger partial charge in [-0.05, 0) is 43.3 Å². The van der Waals surface area contributed by atoms with Crippen LogP contribution >= 0.6 is 11.3 Å². The fourth-order valence-corrected chi connectivity index (χ4v) is 3.89. The van der Waals surface area contributed by atoms with E-state index < -0.39 is 6.10 Å². The highest BCUT2D eigenvalue weighted by Gasteiger charge is 2.25. The van der Waals surface area contributed by atoms with Crippen LogP contribution in [0.3, 0.4) is 0 Å². The van der Waals surface area contributed by atoms with Gasteiger partial charge in [0.15, 0.2) is 0 Å². The van der Waals surface area contributed by atoms with Crippen LogP contribution in [0.4, 0.5) is 5.69 Å². The molecule has 0 saturated heterocycles. The number of hydrogen-bond acceptors (Lipinski definition) is 4. The largest absolute Gasteiger partial charge is 0.507 e. The summed E-state index contributed by atoms with van der Waals surface area (Å²) in [6.45, 7) is 4.82. The Morgan fingerprint density at radius 3 is 2.85 bits per heavy atom. The van der Waals surface area contributed by atoms with Crippen LogP contribution in [0, 0.1) is 0 Å². The maximum atomic E-state index is 10.0. The minimum Gasteiger partial charge on any atom is -0.507 e. The number of fused-ring (bicyclic) bond motifs is 1. The Bertz CT molecular complexity index is 621. The molecule has 2 N–H and O–H groups in total. The number of aliphatic hydroxyl groups is 1. The van der Waals surface area contributed by atoms with E-state index in [4.69, 9.17) is 0 Å². The van der Waals surface area contributed by atoms with Crippen molar-refractivity contribution in [1.82, 2.24) is 0 Å². The number of aromatic hydroxyl groups is 1. The molecule has 2 heterocycles. The number of hydrogen-bond donors (Lipinski definition) is 2. The first-order valence-corrected chi connectivity index (χ1v) is 7.79. The van der Waals surface area contributed by atoms with Gasteiger partial charge in [0.1, 0.15) is 5.75 Å². The van der Waals surface area contributed by atoms with Crippen LogP contribution in [-0.4, -0.2) is 16.8 Å². The van der Waals surface area contributed by atoms with Crippen molar-refractivity contribution in [2.24, 2.45) is 0 Å². The molecule has 3 nitrogen and oxygen atoms in total. The first kappa shape index (κ1) is 13.5. The van der Waals surface area contributed by atoms with Crippen molar-refractivity contribution in [2.45, 2.75) is 32.4 Å². The van der Waals surface area contributed by atoms with Gasteiger partial charge in [-0.3, -0.25) is 0 Å². The standard InChI is InChI=1S/C16H19NO2S/c1-10-13-6-8-20-16(13)5-7-17(10)12-3-4-14(11(2)18)15(19)9-12/h3-4,6,8-11,18-19H,5,7H2,1-2H3. The summed E-state index contributed by atoms with van der Waals surface area (Å²) in [4.78, 5) is 3.78. The molecule has 0 spiro atoms. The van der Waals surface area contributed by atoms with Crippen LogP contribution < -0.4 is 4.90 Å². The highest BCUT2D eigenvalue weighted by molar-refractivity contribution is 7.10. The molecule has 106 valence electrons. The van der Waals surface area contributed by atoms with E-state index in [1.54, 1.807) is 13.0 Å². The minimum absolute atomic E-state index is 0.167. The molecule has 2 aromatic rings. The number of benzene rings is 1. The van der Waals surface area contributed by atoms with Gasteiger partial charge in [0.25, 0.3) is 0 Å². The second-order valence-electron chi connectivity index (χ2n) is 5.34. The van der Waals surface area contributed by atoms with Crippen molar-refractivity contribution >= 4 is 17.0 Å². The van der Waals surface area contributed by atoms with Crippen molar-refractivity contribution in [2.75, 3.05) is 11.4 Å². The average molecular weight is 289 g/mol. The van der Waals surface area contributed by atoms with Crippen LogP contribution in [0.1, 0.15) is 42.0 Å². The van der Waals surface area contributed by atoms with Gasteiger partial charge in [0.05, 0.1) is 12.1 Å². The second-order valence-corrected chi connectivity index (χ2v) is 6.34. The third-order valence-electron chi connectivity index (χ3n) is 4.07. The van der Waals surface area contributed by atoms with Crippen LogP contribution in [0.2, 0.25) is 0 Å². The fourth-order valence-electron chi connectivity index (χ4n) is 2.93. The van der Waals surface area contributed by atoms with Gasteiger partial charge in [-0.1, -0.05) is 6.07 Å². The van der Waals surface area contributed by atoms with E-state index in [-0.39, 0.29) is 5.75 Å². The molecule has 0 amide bonds. The van der Waals surface area contributed by atoms with Gasteiger partial charge in [-0.2, -0.15) is 0 Å². The summed E-state index contributed by atoms with van der Waals surface area (Å²) in [5.41, 5.74) is 2.98. The number of thiophene rings is 1. The molecule has 0 bridgehead atoms. The predicted molar refractivity (Wildman–Crippen MR) is 82.5 cm³/mol. The van der Waals surface area contributed by atoms with Gasteiger partial charge in [-0.25, -0.2) is 0 Å². The third kappa shape index (κ3) is 2.19. The molecule has 0 aliphatic carbocycles. The van der Waals surface area contributed by atoms with E-state index in [0.717, 1.165) is 18.7 Å². The van der Waals surface area contributed by atoms with Gasteiger partial charge < -0.3 is 15.1 Å². The molecule has 2 atom stereocenters. The molecular weight excluding hydrogens is 270 g/mol. The number of aliphatic hydroxyl groups excluding tert-OH is 1. The number of rotatable bonds is 2. The second kappa shape index (κ2) is 5.11. The molecular formula is C16H19NO2S. The summed E-state index contributed by atoms with van der Waals surface area (Å²) >= 11 is 1.83. The zero-order valence-electron chi connectivity index (χ0n) is 11.7. The van der Waals surface area contributed by atoms with Gasteiger partial charge in [0.2, 0.25) is 0 Å². The lowest BCUT2D eigenvalue weighted by Crippen LogP contribution is -2.33. The Morgan fingerprint density at radius 2 is 2.15 bits per heavy atom. The summed E-state index contributed by atoms with van der Waals surface area (Å²) in [5, 5.41) is 21.8. The van der Waals surface area contributed by atoms with Crippen LogP contribution in [0.15, 0.2) is 29.6 Å². The Balaban J connectivity index is 1.93. The summed E-state index contributed by atoms with van der Waals surface area (Å²) in [7, 11) is 0. The molecule has 0 saturated carbocycles. The zero-order valence-corrected chi connectivity index (χ0v) is 12.5. The molecule has 1 aromatic heterocycles. The summed E-state index contributed by atoms with van der Waals surface area (Å²) in [6.07, 6.45) is 0.405. The van der Waals surface area contributed by atoms with Crippen LogP contribution in [0.25, 0.3) is 0 Å². The van der Waals surface area contributed by atoms with Gasteiger partial charge >= 0.3 is 0 Å². The number of anilines is 1. The fraction of sp³-hybridized carbons (Fsp3) is 0.375. The quantitative estimate of drug-likeness (QED) is 0.887. The molecule has 1 aliphatic heterocycles. The normalized spacial score (nSPS) is 19.8. The van der Waals surface area contributed by atoms with Crippen molar-refractivity contribution in [3.8, 4) is 5.75 Å².